The van der Waals surface area contributed by atoms with Crippen LogP contribution in [0, 0.1) is 12.3 Å². The molecule has 1 aromatic rings. The molecule has 2 aliphatic heterocycles. The zero-order valence-corrected chi connectivity index (χ0v) is 10.8. The van der Waals surface area contributed by atoms with Gasteiger partial charge in [0.15, 0.2) is 6.23 Å². The molecule has 0 amide bonds. The number of hydrogen-bond acceptors (Lipinski definition) is 5. The second-order valence-corrected chi connectivity index (χ2v) is 5.00. The van der Waals surface area contributed by atoms with E-state index < -0.39 is 35.3 Å². The molecule has 2 N–H and O–H groups in total. The van der Waals surface area contributed by atoms with E-state index >= 15 is 0 Å². The minimum Gasteiger partial charge on any atom is -0.387 e. The number of aromatic amines is 1. The normalized spacial score (nSPS) is 35.1. The molecule has 7 heteroatoms. The third-order valence-electron chi connectivity index (χ3n) is 4.00. The molecule has 7 nitrogen and oxygen atoms in total. The molecule has 2 saturated heterocycles. The van der Waals surface area contributed by atoms with E-state index in [4.69, 9.17) is 15.9 Å². The van der Waals surface area contributed by atoms with Crippen molar-refractivity contribution in [3.8, 4) is 12.3 Å². The summed E-state index contributed by atoms with van der Waals surface area (Å²) in [4.78, 5) is 25.5. The monoisotopic (exact) mass is 278 g/mol. The third-order valence-corrected chi connectivity index (χ3v) is 4.00. The Morgan fingerprint density at radius 3 is 3.00 bits per heavy atom. The van der Waals surface area contributed by atoms with Crippen molar-refractivity contribution in [1.82, 2.24) is 9.55 Å². The fraction of sp³-hybridized carbons (Fsp3) is 0.538. The molecule has 3 rings (SSSR count). The predicted octanol–water partition coefficient (Wildman–Crippen LogP) is -1.04. The van der Waals surface area contributed by atoms with Crippen LogP contribution in [0.25, 0.3) is 0 Å². The van der Waals surface area contributed by atoms with Crippen molar-refractivity contribution in [3.05, 3.63) is 32.6 Å². The molecule has 1 aromatic heterocycles. The Morgan fingerprint density at radius 1 is 1.65 bits per heavy atom. The summed E-state index contributed by atoms with van der Waals surface area (Å²) in [5.74, 6) is 2.20. The Hall–Kier alpha value is -1.88. The zero-order chi connectivity index (χ0) is 14.5. The Morgan fingerprint density at radius 2 is 2.40 bits per heavy atom. The lowest BCUT2D eigenvalue weighted by molar-refractivity contribution is -0.175. The minimum atomic E-state index is -0.814. The SMILES string of the molecule is C#Cc1cn([C@@H]2O[C@]3(CC)CO[C@@H]2C3O)c(=O)[nH]c1=O. The van der Waals surface area contributed by atoms with Crippen molar-refractivity contribution < 1.29 is 14.6 Å². The molecule has 2 aliphatic rings. The Balaban J connectivity index is 2.07. The highest BCUT2D eigenvalue weighted by atomic mass is 16.6. The number of nitrogens with one attached hydrogen (secondary N) is 1. The topological polar surface area (TPSA) is 93.6 Å². The number of aliphatic hydroxyl groups excluding tert-OH is 1. The van der Waals surface area contributed by atoms with Crippen LogP contribution in [0.1, 0.15) is 25.1 Å². The summed E-state index contributed by atoms with van der Waals surface area (Å²) in [6, 6.07) is 0. The van der Waals surface area contributed by atoms with Crippen molar-refractivity contribution in [2.45, 2.75) is 37.4 Å². The van der Waals surface area contributed by atoms with Gasteiger partial charge in [0.25, 0.3) is 5.56 Å². The lowest BCUT2D eigenvalue weighted by atomic mass is 9.96. The van der Waals surface area contributed by atoms with Gasteiger partial charge in [0.05, 0.1) is 6.61 Å². The van der Waals surface area contributed by atoms with Crippen LogP contribution in [-0.4, -0.2) is 39.1 Å². The molecule has 2 fully saturated rings. The van der Waals surface area contributed by atoms with E-state index in [1.165, 1.54) is 10.8 Å². The molecular formula is C13H14N2O5. The fourth-order valence-electron chi connectivity index (χ4n) is 2.75. The van der Waals surface area contributed by atoms with Gasteiger partial charge in [0, 0.05) is 6.20 Å². The van der Waals surface area contributed by atoms with E-state index in [9.17, 15) is 14.7 Å². The number of rotatable bonds is 2. The number of aliphatic hydroxyl groups is 1. The van der Waals surface area contributed by atoms with Gasteiger partial charge in [-0.3, -0.25) is 14.3 Å². The smallest absolute Gasteiger partial charge is 0.330 e. The number of H-pyrrole nitrogens is 1. The van der Waals surface area contributed by atoms with Crippen LogP contribution in [0.2, 0.25) is 0 Å². The van der Waals surface area contributed by atoms with E-state index in [1.54, 1.807) is 0 Å². The van der Waals surface area contributed by atoms with Crippen LogP contribution < -0.4 is 11.2 Å². The largest absolute Gasteiger partial charge is 0.387 e. The molecule has 1 unspecified atom stereocenters. The van der Waals surface area contributed by atoms with Gasteiger partial charge in [-0.2, -0.15) is 0 Å². The van der Waals surface area contributed by atoms with E-state index in [0.29, 0.717) is 6.42 Å². The molecule has 0 saturated carbocycles. The maximum atomic E-state index is 11.9. The molecule has 4 atom stereocenters. The molecule has 3 heterocycles. The quantitative estimate of drug-likeness (QED) is 0.674. The van der Waals surface area contributed by atoms with Crippen LogP contribution in [-0.2, 0) is 9.47 Å². The van der Waals surface area contributed by atoms with Crippen molar-refractivity contribution in [1.29, 1.82) is 0 Å². The minimum absolute atomic E-state index is 0.0241. The van der Waals surface area contributed by atoms with Gasteiger partial charge < -0.3 is 14.6 Å². The van der Waals surface area contributed by atoms with Gasteiger partial charge in [-0.25, -0.2) is 4.79 Å². The van der Waals surface area contributed by atoms with Crippen molar-refractivity contribution in [2.75, 3.05) is 6.61 Å². The lowest BCUT2D eigenvalue weighted by Gasteiger charge is -2.30. The number of aromatic nitrogens is 2. The highest BCUT2D eigenvalue weighted by Gasteiger charge is 2.60. The Bertz CT molecular complexity index is 700. The zero-order valence-electron chi connectivity index (χ0n) is 10.8. The summed E-state index contributed by atoms with van der Waals surface area (Å²) in [5.41, 5.74) is -2.05. The number of hydrogen-bond donors (Lipinski definition) is 2. The van der Waals surface area contributed by atoms with Crippen molar-refractivity contribution in [3.63, 3.8) is 0 Å². The first-order valence-corrected chi connectivity index (χ1v) is 6.32. The first-order valence-electron chi connectivity index (χ1n) is 6.32. The molecule has 20 heavy (non-hydrogen) atoms. The second kappa shape index (κ2) is 4.31. The molecule has 2 bridgehead atoms. The molecule has 0 aromatic carbocycles. The van der Waals surface area contributed by atoms with E-state index in [0.717, 1.165) is 0 Å². The third kappa shape index (κ3) is 1.59. The van der Waals surface area contributed by atoms with Crippen LogP contribution >= 0.6 is 0 Å². The van der Waals surface area contributed by atoms with Crippen molar-refractivity contribution >= 4 is 0 Å². The summed E-state index contributed by atoms with van der Waals surface area (Å²) < 4.78 is 12.5. The number of terminal acetylenes is 1. The maximum Gasteiger partial charge on any atom is 0.330 e. The highest BCUT2D eigenvalue weighted by Crippen LogP contribution is 2.46. The van der Waals surface area contributed by atoms with Crippen LogP contribution in [0.3, 0.4) is 0 Å². The average Bonchev–Trinajstić information content (AvgIpc) is 2.90. The molecule has 0 radical (unpaired) electrons. The molecule has 106 valence electrons. The van der Waals surface area contributed by atoms with Gasteiger partial charge in [-0.1, -0.05) is 12.8 Å². The predicted molar refractivity (Wildman–Crippen MR) is 68.1 cm³/mol. The van der Waals surface area contributed by atoms with Crippen molar-refractivity contribution in [2.24, 2.45) is 0 Å². The van der Waals surface area contributed by atoms with Gasteiger partial charge in [0.2, 0.25) is 0 Å². The summed E-state index contributed by atoms with van der Waals surface area (Å²) in [6.07, 6.45) is 4.77. The number of ether oxygens (including phenoxy) is 2. The van der Waals surface area contributed by atoms with Gasteiger partial charge in [0.1, 0.15) is 23.4 Å². The molecule has 0 aliphatic carbocycles. The Labute approximate surface area is 114 Å². The number of nitrogens with zero attached hydrogens (tertiary/aromatic N) is 1. The molecule has 0 spiro atoms. The van der Waals surface area contributed by atoms with Crippen LogP contribution in [0.15, 0.2) is 15.8 Å². The van der Waals surface area contributed by atoms with Gasteiger partial charge in [-0.15, -0.1) is 6.42 Å². The van der Waals surface area contributed by atoms with E-state index in [-0.39, 0.29) is 12.2 Å². The average molecular weight is 278 g/mol. The maximum absolute atomic E-state index is 11.9. The summed E-state index contributed by atoms with van der Waals surface area (Å²) in [7, 11) is 0. The standard InChI is InChI=1S/C13H14N2O5/c1-3-7-5-15(12(18)14-10(7)17)11-8-9(16)13(4-2,20-11)6-19-8/h1,5,8-9,11,16H,4,6H2,2H3,(H,14,17,18)/t8-,9?,11-,13-/m1/s1. The highest BCUT2D eigenvalue weighted by molar-refractivity contribution is 5.26. The number of fused-ring (bicyclic) bond motifs is 2. The first kappa shape index (κ1) is 13.1. The summed E-state index contributed by atoms with van der Waals surface area (Å²) >= 11 is 0. The second-order valence-electron chi connectivity index (χ2n) is 5.00. The van der Waals surface area contributed by atoms with E-state index in [1.807, 2.05) is 6.92 Å². The van der Waals surface area contributed by atoms with Crippen LogP contribution in [0.5, 0.6) is 0 Å². The summed E-state index contributed by atoms with van der Waals surface area (Å²) in [5, 5.41) is 10.2. The first-order chi connectivity index (χ1) is 9.52. The van der Waals surface area contributed by atoms with Crippen LogP contribution in [0.4, 0.5) is 0 Å². The fourth-order valence-corrected chi connectivity index (χ4v) is 2.75. The lowest BCUT2D eigenvalue weighted by Crippen LogP contribution is -2.41. The van der Waals surface area contributed by atoms with Gasteiger partial charge >= 0.3 is 5.69 Å². The van der Waals surface area contributed by atoms with E-state index in [2.05, 4.69) is 10.9 Å². The summed E-state index contributed by atoms with van der Waals surface area (Å²) in [6.45, 7) is 2.16. The van der Waals surface area contributed by atoms with Gasteiger partial charge in [-0.05, 0) is 6.42 Å². The Kier molecular flexibility index (Phi) is 2.83. The molecular weight excluding hydrogens is 264 g/mol.